The second kappa shape index (κ2) is 14.4. The zero-order chi connectivity index (χ0) is 40.3. The number of nitrogens with zero attached hydrogens (tertiary/aromatic N) is 4. The molecule has 0 saturated heterocycles. The van der Waals surface area contributed by atoms with Crippen molar-refractivity contribution in [2.45, 2.75) is 0 Å². The van der Waals surface area contributed by atoms with E-state index in [1.54, 1.807) is 0 Å². The lowest BCUT2D eigenvalue weighted by Crippen LogP contribution is -2.10. The summed E-state index contributed by atoms with van der Waals surface area (Å²) in [5.74, 6) is 1.86. The molecule has 0 unspecified atom stereocenters. The highest BCUT2D eigenvalue weighted by molar-refractivity contribution is 7.26. The van der Waals surface area contributed by atoms with E-state index in [0.29, 0.717) is 17.5 Å². The van der Waals surface area contributed by atoms with E-state index in [2.05, 4.69) is 175 Å². The molecule has 12 aromatic rings. The third kappa shape index (κ3) is 6.04. The molecule has 0 aliphatic carbocycles. The standard InChI is InChI=1S/C55H34N4OS/c1-4-15-35(16-5-1)36-27-29-38(30-28-36)54-56-53(37-17-6-2-7-18-37)57-55(58-54)46-34-45-43-22-11-13-26-50(43)61-52(45)51-44(46)23-14-24-47(51)59(39-19-8-3-9-20-39)40-31-32-42-41-21-10-12-25-48(41)60-49(42)33-40/h1-34H. The minimum atomic E-state index is 0.616. The van der Waals surface area contributed by atoms with Crippen molar-refractivity contribution < 1.29 is 4.42 Å². The average Bonchev–Trinajstić information content (AvgIpc) is 3.90. The Morgan fingerprint density at radius 2 is 0.951 bits per heavy atom. The molecule has 0 N–H and O–H groups in total. The maximum Gasteiger partial charge on any atom is 0.164 e. The molecule has 12 rings (SSSR count). The maximum atomic E-state index is 6.47. The summed E-state index contributed by atoms with van der Waals surface area (Å²) in [4.78, 5) is 18.1. The van der Waals surface area contributed by atoms with Crippen LogP contribution >= 0.6 is 11.3 Å². The Labute approximate surface area is 355 Å². The smallest absolute Gasteiger partial charge is 0.164 e. The number of anilines is 3. The van der Waals surface area contributed by atoms with Gasteiger partial charge in [-0.25, -0.2) is 15.0 Å². The van der Waals surface area contributed by atoms with Crippen LogP contribution in [0.15, 0.2) is 211 Å². The average molecular weight is 799 g/mol. The van der Waals surface area contributed by atoms with E-state index in [1.165, 1.54) is 14.8 Å². The third-order valence-electron chi connectivity index (χ3n) is 11.5. The van der Waals surface area contributed by atoms with Gasteiger partial charge in [0.2, 0.25) is 0 Å². The fourth-order valence-corrected chi connectivity index (χ4v) is 9.88. The molecule has 3 heterocycles. The van der Waals surface area contributed by atoms with E-state index in [9.17, 15) is 0 Å². The monoisotopic (exact) mass is 798 g/mol. The van der Waals surface area contributed by atoms with Gasteiger partial charge in [-0.3, -0.25) is 0 Å². The summed E-state index contributed by atoms with van der Waals surface area (Å²) in [6.07, 6.45) is 0. The quantitative estimate of drug-likeness (QED) is 0.161. The largest absolute Gasteiger partial charge is 0.456 e. The number of fused-ring (bicyclic) bond motifs is 8. The maximum absolute atomic E-state index is 6.47. The van der Waals surface area contributed by atoms with Crippen molar-refractivity contribution in [3.8, 4) is 45.3 Å². The van der Waals surface area contributed by atoms with Gasteiger partial charge < -0.3 is 9.32 Å². The van der Waals surface area contributed by atoms with Gasteiger partial charge in [-0.1, -0.05) is 152 Å². The number of furan rings is 1. The Balaban J connectivity index is 1.12. The summed E-state index contributed by atoms with van der Waals surface area (Å²) < 4.78 is 8.89. The van der Waals surface area contributed by atoms with E-state index >= 15 is 0 Å². The van der Waals surface area contributed by atoms with Crippen LogP contribution in [0.3, 0.4) is 0 Å². The summed E-state index contributed by atoms with van der Waals surface area (Å²) in [6.45, 7) is 0. The van der Waals surface area contributed by atoms with Crippen LogP contribution in [0.2, 0.25) is 0 Å². The number of hydrogen-bond donors (Lipinski definition) is 0. The minimum Gasteiger partial charge on any atom is -0.456 e. The number of hydrogen-bond acceptors (Lipinski definition) is 6. The topological polar surface area (TPSA) is 55.1 Å². The molecule has 0 amide bonds. The van der Waals surface area contributed by atoms with E-state index in [4.69, 9.17) is 19.4 Å². The number of rotatable bonds is 7. The molecule has 0 atom stereocenters. The number of aromatic nitrogens is 3. The Kier molecular flexibility index (Phi) is 8.28. The van der Waals surface area contributed by atoms with Crippen molar-refractivity contribution in [2.24, 2.45) is 0 Å². The van der Waals surface area contributed by atoms with Gasteiger partial charge in [0.25, 0.3) is 0 Å². The lowest BCUT2D eigenvalue weighted by atomic mass is 9.97. The molecule has 0 bridgehead atoms. The van der Waals surface area contributed by atoms with E-state index < -0.39 is 0 Å². The van der Waals surface area contributed by atoms with Gasteiger partial charge >= 0.3 is 0 Å². The Morgan fingerprint density at radius 1 is 0.377 bits per heavy atom. The molecule has 0 fully saturated rings. The minimum absolute atomic E-state index is 0.616. The molecule has 6 heteroatoms. The predicted molar refractivity (Wildman–Crippen MR) is 254 cm³/mol. The van der Waals surface area contributed by atoms with Gasteiger partial charge in [0.1, 0.15) is 11.2 Å². The molecule has 286 valence electrons. The third-order valence-corrected chi connectivity index (χ3v) is 12.7. The Bertz CT molecular complexity index is 3580. The first-order chi connectivity index (χ1) is 30.2. The number of benzene rings is 9. The lowest BCUT2D eigenvalue weighted by Gasteiger charge is -2.27. The molecular formula is C55H34N4OS. The molecule has 9 aromatic carbocycles. The molecule has 0 spiro atoms. The van der Waals surface area contributed by atoms with E-state index in [0.717, 1.165) is 83.0 Å². The molecule has 0 aliphatic heterocycles. The van der Waals surface area contributed by atoms with Gasteiger partial charge in [0.15, 0.2) is 17.5 Å². The summed E-state index contributed by atoms with van der Waals surface area (Å²) in [6, 6.07) is 72.1. The number of para-hydroxylation sites is 2. The molecule has 0 saturated carbocycles. The van der Waals surface area contributed by atoms with Crippen LogP contribution in [0, 0.1) is 0 Å². The molecule has 0 radical (unpaired) electrons. The van der Waals surface area contributed by atoms with Crippen LogP contribution in [0.4, 0.5) is 17.1 Å². The Hall–Kier alpha value is -7.93. The number of thiophene rings is 1. The zero-order valence-corrected chi connectivity index (χ0v) is 33.6. The molecular weight excluding hydrogens is 765 g/mol. The van der Waals surface area contributed by atoms with Crippen LogP contribution in [0.25, 0.3) is 98.2 Å². The van der Waals surface area contributed by atoms with Crippen LogP contribution in [0.1, 0.15) is 0 Å². The second-order valence-electron chi connectivity index (χ2n) is 15.2. The zero-order valence-electron chi connectivity index (χ0n) is 32.7. The highest BCUT2D eigenvalue weighted by Gasteiger charge is 2.24. The molecule has 61 heavy (non-hydrogen) atoms. The van der Waals surface area contributed by atoms with Gasteiger partial charge in [-0.05, 0) is 65.0 Å². The fraction of sp³-hybridized carbons (Fsp3) is 0. The summed E-state index contributed by atoms with van der Waals surface area (Å²) in [7, 11) is 0. The van der Waals surface area contributed by atoms with E-state index in [-0.39, 0.29) is 0 Å². The highest BCUT2D eigenvalue weighted by Crippen LogP contribution is 2.49. The molecule has 5 nitrogen and oxygen atoms in total. The lowest BCUT2D eigenvalue weighted by molar-refractivity contribution is 0.669. The van der Waals surface area contributed by atoms with Gasteiger partial charge in [0.05, 0.1) is 5.69 Å². The van der Waals surface area contributed by atoms with Crippen LogP contribution < -0.4 is 4.90 Å². The normalized spacial score (nSPS) is 11.6. The van der Waals surface area contributed by atoms with Gasteiger partial charge in [0, 0.05) is 70.5 Å². The van der Waals surface area contributed by atoms with Crippen molar-refractivity contribution in [3.05, 3.63) is 206 Å². The highest BCUT2D eigenvalue weighted by atomic mass is 32.1. The SMILES string of the molecule is c1ccc(-c2ccc(-c3nc(-c4ccccc4)nc(-c4cc5c6ccccc6sc5c5c(N(c6ccccc6)c6ccc7c(c6)oc6ccccc67)cccc45)n3)cc2)cc1. The summed E-state index contributed by atoms with van der Waals surface area (Å²) >= 11 is 1.82. The van der Waals surface area contributed by atoms with Crippen molar-refractivity contribution in [2.75, 3.05) is 4.90 Å². The van der Waals surface area contributed by atoms with Crippen molar-refractivity contribution in [1.82, 2.24) is 15.0 Å². The summed E-state index contributed by atoms with van der Waals surface area (Å²) in [5, 5.41) is 6.74. The predicted octanol–water partition coefficient (Wildman–Crippen LogP) is 15.4. The first-order valence-corrected chi connectivity index (χ1v) is 21.2. The molecule has 3 aromatic heterocycles. The van der Waals surface area contributed by atoms with Crippen molar-refractivity contribution in [1.29, 1.82) is 0 Å². The molecule has 0 aliphatic rings. The fourth-order valence-electron chi connectivity index (χ4n) is 8.63. The Morgan fingerprint density at radius 3 is 1.72 bits per heavy atom. The van der Waals surface area contributed by atoms with Crippen molar-refractivity contribution >= 4 is 81.3 Å². The van der Waals surface area contributed by atoms with E-state index in [1.807, 2.05) is 47.7 Å². The summed E-state index contributed by atoms with van der Waals surface area (Å²) in [5.41, 5.74) is 9.89. The van der Waals surface area contributed by atoms with Gasteiger partial charge in [-0.2, -0.15) is 0 Å². The van der Waals surface area contributed by atoms with Crippen LogP contribution in [0.5, 0.6) is 0 Å². The first kappa shape index (κ1) is 35.1. The van der Waals surface area contributed by atoms with Crippen LogP contribution in [-0.2, 0) is 0 Å². The van der Waals surface area contributed by atoms with Crippen molar-refractivity contribution in [3.63, 3.8) is 0 Å². The van der Waals surface area contributed by atoms with Crippen LogP contribution in [-0.4, -0.2) is 15.0 Å². The second-order valence-corrected chi connectivity index (χ2v) is 16.2. The first-order valence-electron chi connectivity index (χ1n) is 20.3. The van der Waals surface area contributed by atoms with Gasteiger partial charge in [-0.15, -0.1) is 11.3 Å².